The van der Waals surface area contributed by atoms with Gasteiger partial charge >= 0.3 is 0 Å². The fourth-order valence-corrected chi connectivity index (χ4v) is 4.45. The predicted molar refractivity (Wildman–Crippen MR) is 147 cm³/mol. The molecule has 36 heavy (non-hydrogen) atoms. The molecule has 184 valence electrons. The fourth-order valence-electron chi connectivity index (χ4n) is 4.04. The van der Waals surface area contributed by atoms with Crippen LogP contribution < -0.4 is 10.3 Å². The molecule has 0 saturated heterocycles. The number of para-hydroxylation sites is 1. The number of hydrogen-bond acceptors (Lipinski definition) is 5. The Hall–Kier alpha value is -3.61. The Balaban J connectivity index is 1.72. The third-order valence-corrected chi connectivity index (χ3v) is 6.36. The van der Waals surface area contributed by atoms with Gasteiger partial charge < -0.3 is 14.2 Å². The molecule has 1 aromatic carbocycles. The highest BCUT2D eigenvalue weighted by Crippen LogP contribution is 2.32. The SMILES string of the molecule is C=C/C=C(/c1cc(C)nc2c(OCc3c(Cl)cncc3Cn3cccc(Cl)c3=O)cccc12)N(C)C. The maximum Gasteiger partial charge on any atom is 0.269 e. The van der Waals surface area contributed by atoms with E-state index in [4.69, 9.17) is 32.9 Å². The summed E-state index contributed by atoms with van der Waals surface area (Å²) in [6.07, 6.45) is 8.68. The van der Waals surface area contributed by atoms with Crippen LogP contribution in [0.4, 0.5) is 0 Å². The van der Waals surface area contributed by atoms with Crippen LogP contribution in [-0.4, -0.2) is 33.5 Å². The zero-order valence-corrected chi connectivity index (χ0v) is 21.8. The third-order valence-electron chi connectivity index (χ3n) is 5.74. The van der Waals surface area contributed by atoms with Gasteiger partial charge in [0.2, 0.25) is 0 Å². The molecule has 8 heteroatoms. The number of ether oxygens (including phenoxy) is 1. The minimum atomic E-state index is -0.281. The lowest BCUT2D eigenvalue weighted by molar-refractivity contribution is 0.307. The summed E-state index contributed by atoms with van der Waals surface area (Å²) in [5.41, 5.74) is 4.90. The molecular weight excluding hydrogens is 495 g/mol. The Kier molecular flexibility index (Phi) is 7.77. The quantitative estimate of drug-likeness (QED) is 0.262. The van der Waals surface area contributed by atoms with Gasteiger partial charge in [-0.1, -0.05) is 48.0 Å². The van der Waals surface area contributed by atoms with Crippen molar-refractivity contribution in [1.29, 1.82) is 0 Å². The topological polar surface area (TPSA) is 60.3 Å². The number of halogens is 2. The van der Waals surface area contributed by atoms with Crippen molar-refractivity contribution in [3.05, 3.63) is 117 Å². The summed E-state index contributed by atoms with van der Waals surface area (Å²) in [5.74, 6) is 0.632. The monoisotopic (exact) mass is 520 g/mol. The first kappa shape index (κ1) is 25.5. The maximum atomic E-state index is 12.4. The number of benzene rings is 1. The van der Waals surface area contributed by atoms with Gasteiger partial charge in [0.1, 0.15) is 22.9 Å². The van der Waals surface area contributed by atoms with Gasteiger partial charge in [0.25, 0.3) is 5.56 Å². The van der Waals surface area contributed by atoms with E-state index in [1.807, 2.05) is 50.2 Å². The van der Waals surface area contributed by atoms with Gasteiger partial charge in [0.15, 0.2) is 0 Å². The van der Waals surface area contributed by atoms with Gasteiger partial charge in [-0.15, -0.1) is 0 Å². The van der Waals surface area contributed by atoms with Gasteiger partial charge in [0.05, 0.1) is 11.6 Å². The third kappa shape index (κ3) is 5.30. The second kappa shape index (κ2) is 11.0. The lowest BCUT2D eigenvalue weighted by Crippen LogP contribution is -2.21. The normalized spacial score (nSPS) is 11.5. The van der Waals surface area contributed by atoms with E-state index in [9.17, 15) is 4.79 Å². The number of nitrogens with zero attached hydrogens (tertiary/aromatic N) is 4. The molecule has 0 aliphatic carbocycles. The maximum absolute atomic E-state index is 12.4. The van der Waals surface area contributed by atoms with Crippen molar-refractivity contribution in [1.82, 2.24) is 19.4 Å². The smallest absolute Gasteiger partial charge is 0.269 e. The van der Waals surface area contributed by atoms with Gasteiger partial charge in [-0.2, -0.15) is 0 Å². The summed E-state index contributed by atoms with van der Waals surface area (Å²) in [7, 11) is 3.99. The number of allylic oxidation sites excluding steroid dienone is 2. The molecule has 0 unspecified atom stereocenters. The molecule has 0 radical (unpaired) electrons. The van der Waals surface area contributed by atoms with Crippen LogP contribution >= 0.6 is 23.2 Å². The van der Waals surface area contributed by atoms with Crippen LogP contribution in [0.5, 0.6) is 5.75 Å². The van der Waals surface area contributed by atoms with Crippen molar-refractivity contribution in [2.24, 2.45) is 0 Å². The summed E-state index contributed by atoms with van der Waals surface area (Å²) >= 11 is 12.5. The largest absolute Gasteiger partial charge is 0.487 e. The van der Waals surface area contributed by atoms with Gasteiger partial charge in [-0.3, -0.25) is 9.78 Å². The van der Waals surface area contributed by atoms with Gasteiger partial charge in [-0.25, -0.2) is 4.98 Å². The molecule has 3 aromatic heterocycles. The highest BCUT2D eigenvalue weighted by atomic mass is 35.5. The van der Waals surface area contributed by atoms with Gasteiger partial charge in [0, 0.05) is 60.6 Å². The highest BCUT2D eigenvalue weighted by Gasteiger charge is 2.16. The second-order valence-electron chi connectivity index (χ2n) is 8.48. The number of fused-ring (bicyclic) bond motifs is 1. The molecule has 6 nitrogen and oxygen atoms in total. The fraction of sp³-hybridized carbons (Fsp3) is 0.179. The van der Waals surface area contributed by atoms with Crippen molar-refractivity contribution in [3.8, 4) is 5.75 Å². The van der Waals surface area contributed by atoms with Crippen LogP contribution in [0.2, 0.25) is 10.0 Å². The minimum absolute atomic E-state index is 0.154. The van der Waals surface area contributed by atoms with E-state index in [1.165, 1.54) is 4.57 Å². The summed E-state index contributed by atoms with van der Waals surface area (Å²) in [6, 6.07) is 11.2. The average molecular weight is 521 g/mol. The Morgan fingerprint density at radius 3 is 2.72 bits per heavy atom. The van der Waals surface area contributed by atoms with E-state index < -0.39 is 0 Å². The van der Waals surface area contributed by atoms with E-state index in [2.05, 4.69) is 17.6 Å². The van der Waals surface area contributed by atoms with Crippen LogP contribution in [0.25, 0.3) is 16.6 Å². The zero-order chi connectivity index (χ0) is 25.8. The standard InChI is InChI=1S/C28H26Cl2N4O2/c1-5-8-25(33(3)4)21-13-18(2)32-27-20(21)9-6-11-26(27)36-17-22-19(14-31-15-24(22)30)16-34-12-7-10-23(29)28(34)35/h5-15H,1,16-17H2,2-4H3/b25-8-. The Labute approximate surface area is 220 Å². The summed E-state index contributed by atoms with van der Waals surface area (Å²) in [6.45, 7) is 6.26. The first-order valence-corrected chi connectivity index (χ1v) is 12.1. The van der Waals surface area contributed by atoms with E-state index in [0.717, 1.165) is 39.0 Å². The average Bonchev–Trinajstić information content (AvgIpc) is 2.84. The Morgan fingerprint density at radius 1 is 1.17 bits per heavy atom. The summed E-state index contributed by atoms with van der Waals surface area (Å²) < 4.78 is 7.80. The van der Waals surface area contributed by atoms with Crippen molar-refractivity contribution in [3.63, 3.8) is 0 Å². The van der Waals surface area contributed by atoms with Crippen LogP contribution in [0.1, 0.15) is 22.4 Å². The van der Waals surface area contributed by atoms with E-state index in [-0.39, 0.29) is 23.7 Å². The predicted octanol–water partition coefficient (Wildman–Crippen LogP) is 6.12. The van der Waals surface area contributed by atoms with Crippen molar-refractivity contribution < 1.29 is 4.74 Å². The van der Waals surface area contributed by atoms with E-state index in [1.54, 1.807) is 36.8 Å². The lowest BCUT2D eigenvalue weighted by Gasteiger charge is -2.20. The molecule has 0 saturated carbocycles. The van der Waals surface area contributed by atoms with E-state index >= 15 is 0 Å². The molecule has 0 fully saturated rings. The van der Waals surface area contributed by atoms with Crippen LogP contribution in [0.3, 0.4) is 0 Å². The molecule has 0 spiro atoms. The molecule has 4 rings (SSSR count). The molecule has 0 atom stereocenters. The molecular formula is C28H26Cl2N4O2. The Morgan fingerprint density at radius 2 is 1.97 bits per heavy atom. The zero-order valence-electron chi connectivity index (χ0n) is 20.3. The molecule has 3 heterocycles. The van der Waals surface area contributed by atoms with Crippen molar-refractivity contribution in [2.45, 2.75) is 20.1 Å². The molecule has 0 aliphatic heterocycles. The molecule has 0 amide bonds. The molecule has 0 aliphatic rings. The van der Waals surface area contributed by atoms with Gasteiger partial charge in [-0.05, 0) is 42.8 Å². The number of pyridine rings is 3. The number of aromatic nitrogens is 3. The minimum Gasteiger partial charge on any atom is -0.487 e. The van der Waals surface area contributed by atoms with E-state index in [0.29, 0.717) is 10.8 Å². The first-order chi connectivity index (χ1) is 17.3. The van der Waals surface area contributed by atoms with Crippen molar-refractivity contribution >= 4 is 39.8 Å². The molecule has 0 bridgehead atoms. The number of aryl methyl sites for hydroxylation is 1. The first-order valence-electron chi connectivity index (χ1n) is 11.3. The van der Waals surface area contributed by atoms with Crippen LogP contribution in [-0.2, 0) is 13.2 Å². The highest BCUT2D eigenvalue weighted by molar-refractivity contribution is 6.31. The summed E-state index contributed by atoms with van der Waals surface area (Å²) in [5, 5.41) is 1.57. The molecule has 4 aromatic rings. The van der Waals surface area contributed by atoms with Crippen molar-refractivity contribution in [2.75, 3.05) is 14.1 Å². The lowest BCUT2D eigenvalue weighted by atomic mass is 10.0. The Bertz CT molecular complexity index is 1530. The number of hydrogen-bond donors (Lipinski definition) is 0. The molecule has 0 N–H and O–H groups in total. The summed E-state index contributed by atoms with van der Waals surface area (Å²) in [4.78, 5) is 23.5. The second-order valence-corrected chi connectivity index (χ2v) is 9.30. The van der Waals surface area contributed by atoms with Crippen LogP contribution in [0, 0.1) is 6.92 Å². The van der Waals surface area contributed by atoms with Crippen LogP contribution in [0.15, 0.2) is 78.5 Å². The number of rotatable bonds is 8.